The Bertz CT molecular complexity index is 1110. The summed E-state index contributed by atoms with van der Waals surface area (Å²) < 4.78 is 36.8. The van der Waals surface area contributed by atoms with Gasteiger partial charge in [-0.3, -0.25) is 9.35 Å². The van der Waals surface area contributed by atoms with E-state index in [0.29, 0.717) is 18.4 Å². The van der Waals surface area contributed by atoms with E-state index in [1.54, 1.807) is 7.11 Å². The third-order valence-corrected chi connectivity index (χ3v) is 4.80. The van der Waals surface area contributed by atoms with Gasteiger partial charge >= 0.3 is 0 Å². The molecule has 0 radical (unpaired) electrons. The first-order chi connectivity index (χ1) is 16.2. The normalized spacial score (nSPS) is 11.6. The molecule has 0 fully saturated rings. The lowest BCUT2D eigenvalue weighted by molar-refractivity contribution is 0.0951. The van der Waals surface area contributed by atoms with Crippen molar-refractivity contribution < 1.29 is 27.2 Å². The van der Waals surface area contributed by atoms with Crippen molar-refractivity contribution in [2.75, 3.05) is 19.9 Å². The highest BCUT2D eigenvalue weighted by molar-refractivity contribution is 7.85. The molecule has 0 spiro atoms. The lowest BCUT2D eigenvalue weighted by atomic mass is 10.0. The SMILES string of the molecule is COc1ccc(CCN[C@@H](C)C(=O)c2ccc(OCc3ccccc3)cc2)cc1.CS(=O)(=O)O. The van der Waals surface area contributed by atoms with Crippen LogP contribution in [0.15, 0.2) is 78.9 Å². The molecule has 0 saturated heterocycles. The Morgan fingerprint density at radius 2 is 1.47 bits per heavy atom. The van der Waals surface area contributed by atoms with E-state index in [0.717, 1.165) is 30.0 Å². The van der Waals surface area contributed by atoms with E-state index in [2.05, 4.69) is 5.32 Å². The highest BCUT2D eigenvalue weighted by atomic mass is 32.2. The fourth-order valence-corrected chi connectivity index (χ4v) is 3.02. The predicted octanol–water partition coefficient (Wildman–Crippen LogP) is 4.18. The fourth-order valence-electron chi connectivity index (χ4n) is 3.02. The molecule has 0 unspecified atom stereocenters. The number of rotatable bonds is 10. The van der Waals surface area contributed by atoms with Gasteiger partial charge in [-0.2, -0.15) is 8.42 Å². The van der Waals surface area contributed by atoms with Crippen molar-refractivity contribution in [3.05, 3.63) is 95.6 Å². The number of carbonyl (C=O) groups is 1. The van der Waals surface area contributed by atoms with Gasteiger partial charge in [-0.25, -0.2) is 0 Å². The summed E-state index contributed by atoms with van der Waals surface area (Å²) in [5.41, 5.74) is 3.00. The Labute approximate surface area is 201 Å². The first-order valence-corrected chi connectivity index (χ1v) is 12.6. The Hall–Kier alpha value is -3.20. The third kappa shape index (κ3) is 10.6. The second kappa shape index (κ2) is 13.5. The van der Waals surface area contributed by atoms with Crippen LogP contribution < -0.4 is 14.8 Å². The summed E-state index contributed by atoms with van der Waals surface area (Å²) in [5.74, 6) is 1.68. The van der Waals surface area contributed by atoms with E-state index in [1.165, 1.54) is 5.56 Å². The molecule has 0 aliphatic carbocycles. The van der Waals surface area contributed by atoms with Gasteiger partial charge in [-0.1, -0.05) is 42.5 Å². The maximum atomic E-state index is 12.6. The molecule has 0 aliphatic heterocycles. The van der Waals surface area contributed by atoms with Crippen LogP contribution in [0.1, 0.15) is 28.4 Å². The second-order valence-corrected chi connectivity index (χ2v) is 9.14. The Kier molecular flexibility index (Phi) is 10.7. The molecule has 0 saturated carbocycles. The summed E-state index contributed by atoms with van der Waals surface area (Å²) >= 11 is 0. The van der Waals surface area contributed by atoms with Crippen molar-refractivity contribution in [1.82, 2.24) is 5.32 Å². The summed E-state index contributed by atoms with van der Waals surface area (Å²) in [6.45, 7) is 3.14. The van der Waals surface area contributed by atoms with Gasteiger partial charge in [0.25, 0.3) is 10.1 Å². The summed E-state index contributed by atoms with van der Waals surface area (Å²) in [6.07, 6.45) is 1.57. The molecule has 3 aromatic carbocycles. The zero-order valence-corrected chi connectivity index (χ0v) is 20.4. The molecule has 34 heavy (non-hydrogen) atoms. The number of benzene rings is 3. The van der Waals surface area contributed by atoms with E-state index in [4.69, 9.17) is 14.0 Å². The molecular weight excluding hydrogens is 454 g/mol. The van der Waals surface area contributed by atoms with E-state index >= 15 is 0 Å². The van der Waals surface area contributed by atoms with Crippen molar-refractivity contribution in [2.24, 2.45) is 0 Å². The molecule has 3 rings (SSSR count). The lowest BCUT2D eigenvalue weighted by Crippen LogP contribution is -2.35. The summed E-state index contributed by atoms with van der Waals surface area (Å²) in [4.78, 5) is 12.6. The molecule has 0 bridgehead atoms. The number of hydrogen-bond donors (Lipinski definition) is 2. The van der Waals surface area contributed by atoms with E-state index in [9.17, 15) is 13.2 Å². The molecule has 8 heteroatoms. The molecular formula is C26H31NO6S. The number of Topliss-reactive ketones (excluding diaryl/α,β-unsaturated/α-hetero) is 1. The number of methoxy groups -OCH3 is 1. The molecule has 2 N–H and O–H groups in total. The zero-order valence-electron chi connectivity index (χ0n) is 19.6. The van der Waals surface area contributed by atoms with Crippen LogP contribution in [0.3, 0.4) is 0 Å². The van der Waals surface area contributed by atoms with Crippen molar-refractivity contribution >= 4 is 15.9 Å². The highest BCUT2D eigenvalue weighted by Gasteiger charge is 2.14. The number of nitrogens with one attached hydrogen (secondary N) is 1. The van der Waals surface area contributed by atoms with Crippen LogP contribution in [0.5, 0.6) is 11.5 Å². The van der Waals surface area contributed by atoms with Gasteiger partial charge in [0.1, 0.15) is 18.1 Å². The van der Waals surface area contributed by atoms with Gasteiger partial charge in [0.15, 0.2) is 5.78 Å². The van der Waals surface area contributed by atoms with Crippen molar-refractivity contribution in [3.63, 3.8) is 0 Å². The van der Waals surface area contributed by atoms with Crippen LogP contribution in [0.4, 0.5) is 0 Å². The zero-order chi connectivity index (χ0) is 25.0. The predicted molar refractivity (Wildman–Crippen MR) is 133 cm³/mol. The van der Waals surface area contributed by atoms with Gasteiger partial charge in [-0.15, -0.1) is 0 Å². The van der Waals surface area contributed by atoms with Gasteiger partial charge in [0.2, 0.25) is 0 Å². The smallest absolute Gasteiger partial charge is 0.261 e. The topological polar surface area (TPSA) is 102 Å². The van der Waals surface area contributed by atoms with E-state index in [-0.39, 0.29) is 11.8 Å². The molecule has 0 aliphatic rings. The minimum atomic E-state index is -3.67. The lowest BCUT2D eigenvalue weighted by Gasteiger charge is -2.13. The standard InChI is InChI=1S/C25H27NO3.CH4O3S/c1-19(26-17-16-20-8-12-23(28-2)13-9-20)25(27)22-10-14-24(15-11-22)29-18-21-6-4-3-5-7-21;1-5(2,3)4/h3-15,19,26H,16-18H2,1-2H3;1H3,(H,2,3,4)/t19-;/m0./s1. The first kappa shape index (κ1) is 27.0. The Balaban J connectivity index is 0.000000739. The van der Waals surface area contributed by atoms with Crippen LogP contribution in [0.2, 0.25) is 0 Å². The maximum absolute atomic E-state index is 12.6. The fraction of sp³-hybridized carbons (Fsp3) is 0.269. The van der Waals surface area contributed by atoms with E-state index < -0.39 is 10.1 Å². The molecule has 0 heterocycles. The minimum absolute atomic E-state index is 0.0781. The van der Waals surface area contributed by atoms with Crippen LogP contribution in [0.25, 0.3) is 0 Å². The number of carbonyl (C=O) groups excluding carboxylic acids is 1. The molecule has 3 aromatic rings. The van der Waals surface area contributed by atoms with Crippen molar-refractivity contribution in [1.29, 1.82) is 0 Å². The third-order valence-electron chi connectivity index (χ3n) is 4.80. The van der Waals surface area contributed by atoms with Crippen molar-refractivity contribution in [3.8, 4) is 11.5 Å². The van der Waals surface area contributed by atoms with Gasteiger partial charge < -0.3 is 14.8 Å². The van der Waals surface area contributed by atoms with Crippen LogP contribution in [-0.4, -0.2) is 44.7 Å². The van der Waals surface area contributed by atoms with Crippen LogP contribution in [0, 0.1) is 0 Å². The Morgan fingerprint density at radius 3 is 2.03 bits per heavy atom. The van der Waals surface area contributed by atoms with Crippen molar-refractivity contribution in [2.45, 2.75) is 26.0 Å². The van der Waals surface area contributed by atoms with Gasteiger partial charge in [0, 0.05) is 5.56 Å². The van der Waals surface area contributed by atoms with E-state index in [1.807, 2.05) is 85.8 Å². The highest BCUT2D eigenvalue weighted by Crippen LogP contribution is 2.16. The number of ketones is 1. The largest absolute Gasteiger partial charge is 0.497 e. The summed E-state index contributed by atoms with van der Waals surface area (Å²) in [5, 5.41) is 3.31. The van der Waals surface area contributed by atoms with Crippen LogP contribution >= 0.6 is 0 Å². The molecule has 0 aromatic heterocycles. The molecule has 182 valence electrons. The quantitative estimate of drug-likeness (QED) is 0.328. The van der Waals surface area contributed by atoms with Gasteiger partial charge in [0.05, 0.1) is 19.4 Å². The minimum Gasteiger partial charge on any atom is -0.497 e. The summed E-state index contributed by atoms with van der Waals surface area (Å²) in [6, 6.07) is 25.1. The maximum Gasteiger partial charge on any atom is 0.261 e. The van der Waals surface area contributed by atoms with Crippen LogP contribution in [-0.2, 0) is 23.1 Å². The first-order valence-electron chi connectivity index (χ1n) is 10.8. The average Bonchev–Trinajstić information content (AvgIpc) is 2.82. The molecule has 1 atom stereocenters. The van der Waals surface area contributed by atoms with Gasteiger partial charge in [-0.05, 0) is 67.4 Å². The average molecular weight is 486 g/mol. The number of hydrogen-bond acceptors (Lipinski definition) is 6. The summed E-state index contributed by atoms with van der Waals surface area (Å²) in [7, 11) is -2.01. The number of ether oxygens (including phenoxy) is 2. The molecule has 0 amide bonds. The Morgan fingerprint density at radius 1 is 0.912 bits per heavy atom. The molecule has 7 nitrogen and oxygen atoms in total. The monoisotopic (exact) mass is 485 g/mol. The second-order valence-electron chi connectivity index (χ2n) is 7.67.